The zero-order valence-electron chi connectivity index (χ0n) is 12.7. The maximum atomic E-state index is 13.8. The number of nitrogens with zero attached hydrogens (tertiary/aromatic N) is 2. The smallest absolute Gasteiger partial charge is 0.266 e. The van der Waals surface area contributed by atoms with Crippen LogP contribution in [0.4, 0.5) is 10.1 Å². The number of H-pyrrole nitrogens is 1. The fourth-order valence-electron chi connectivity index (χ4n) is 2.82. The van der Waals surface area contributed by atoms with Crippen molar-refractivity contribution in [3.63, 3.8) is 0 Å². The van der Waals surface area contributed by atoms with E-state index in [2.05, 4.69) is 9.88 Å². The molecule has 1 N–H and O–H groups in total. The molecule has 1 aromatic heterocycles. The van der Waals surface area contributed by atoms with Crippen LogP contribution >= 0.6 is 0 Å². The summed E-state index contributed by atoms with van der Waals surface area (Å²) >= 11 is 0. The van der Waals surface area contributed by atoms with Crippen LogP contribution in [0.25, 0.3) is 11.1 Å². The molecule has 0 saturated carbocycles. The minimum absolute atomic E-state index is 0.00397. The van der Waals surface area contributed by atoms with Gasteiger partial charge in [0.15, 0.2) is 0 Å². The average molecular weight is 313 g/mol. The van der Waals surface area contributed by atoms with Crippen LogP contribution in [-0.2, 0) is 4.74 Å². The van der Waals surface area contributed by atoms with Crippen LogP contribution in [0.15, 0.2) is 29.1 Å². The summed E-state index contributed by atoms with van der Waals surface area (Å²) in [6, 6.07) is 8.09. The molecule has 118 valence electrons. The number of morpholine rings is 1. The Kier molecular flexibility index (Phi) is 4.13. The van der Waals surface area contributed by atoms with Gasteiger partial charge in [0.05, 0.1) is 13.2 Å². The molecule has 1 aliphatic heterocycles. The first-order valence-electron chi connectivity index (χ1n) is 7.37. The van der Waals surface area contributed by atoms with Crippen LogP contribution in [-0.4, -0.2) is 31.3 Å². The van der Waals surface area contributed by atoms with Gasteiger partial charge in [-0.25, -0.2) is 4.39 Å². The Morgan fingerprint density at radius 2 is 2.00 bits per heavy atom. The van der Waals surface area contributed by atoms with Gasteiger partial charge in [-0.15, -0.1) is 0 Å². The Bertz CT molecular complexity index is 833. The second-order valence-corrected chi connectivity index (χ2v) is 5.44. The predicted molar refractivity (Wildman–Crippen MR) is 84.9 cm³/mol. The highest BCUT2D eigenvalue weighted by molar-refractivity contribution is 5.82. The van der Waals surface area contributed by atoms with E-state index in [0.717, 1.165) is 5.69 Å². The number of aromatic amines is 1. The van der Waals surface area contributed by atoms with E-state index < -0.39 is 11.4 Å². The van der Waals surface area contributed by atoms with Crippen molar-refractivity contribution < 1.29 is 9.13 Å². The number of ether oxygens (including phenoxy) is 1. The third-order valence-electron chi connectivity index (χ3n) is 3.88. The van der Waals surface area contributed by atoms with E-state index in [1.165, 1.54) is 12.1 Å². The highest BCUT2D eigenvalue weighted by Gasteiger charge is 2.19. The maximum Gasteiger partial charge on any atom is 0.266 e. The summed E-state index contributed by atoms with van der Waals surface area (Å²) in [7, 11) is 0. The summed E-state index contributed by atoms with van der Waals surface area (Å²) in [5.74, 6) is -0.404. The first-order chi connectivity index (χ1) is 11.1. The minimum Gasteiger partial charge on any atom is -0.378 e. The van der Waals surface area contributed by atoms with Crippen LogP contribution in [0.3, 0.4) is 0 Å². The molecule has 3 rings (SSSR count). The van der Waals surface area contributed by atoms with E-state index in [0.29, 0.717) is 43.1 Å². The van der Waals surface area contributed by atoms with Crippen molar-refractivity contribution in [2.24, 2.45) is 0 Å². The summed E-state index contributed by atoms with van der Waals surface area (Å²) < 4.78 is 19.2. The Morgan fingerprint density at radius 1 is 1.26 bits per heavy atom. The lowest BCUT2D eigenvalue weighted by Gasteiger charge is -2.30. The summed E-state index contributed by atoms with van der Waals surface area (Å²) in [5, 5.41) is 9.32. The summed E-state index contributed by atoms with van der Waals surface area (Å²) in [6.45, 7) is 4.29. The van der Waals surface area contributed by atoms with Crippen LogP contribution in [0.5, 0.6) is 0 Å². The van der Waals surface area contributed by atoms with Crippen molar-refractivity contribution in [1.82, 2.24) is 4.98 Å². The number of rotatable bonds is 2. The SMILES string of the molecule is Cc1cc(-c2cc(F)ccc2N2CCOCC2)c(C#N)c(=O)[nH]1. The lowest BCUT2D eigenvalue weighted by molar-refractivity contribution is 0.123. The normalized spacial score (nSPS) is 14.6. The second-order valence-electron chi connectivity index (χ2n) is 5.44. The molecule has 0 spiro atoms. The van der Waals surface area contributed by atoms with E-state index in [1.807, 2.05) is 6.07 Å². The fraction of sp³-hybridized carbons (Fsp3) is 0.294. The van der Waals surface area contributed by atoms with Crippen molar-refractivity contribution in [1.29, 1.82) is 5.26 Å². The Hall–Kier alpha value is -2.65. The van der Waals surface area contributed by atoms with Crippen LogP contribution in [0, 0.1) is 24.1 Å². The Labute approximate surface area is 132 Å². The molecule has 6 heteroatoms. The Balaban J connectivity index is 2.22. The van der Waals surface area contributed by atoms with Gasteiger partial charge in [-0.05, 0) is 31.2 Å². The molecule has 1 aliphatic rings. The van der Waals surface area contributed by atoms with Crippen LogP contribution in [0.2, 0.25) is 0 Å². The lowest BCUT2D eigenvalue weighted by Crippen LogP contribution is -2.36. The van der Waals surface area contributed by atoms with Crippen molar-refractivity contribution in [3.05, 3.63) is 51.7 Å². The molecule has 5 nitrogen and oxygen atoms in total. The van der Waals surface area contributed by atoms with Crippen molar-refractivity contribution in [3.8, 4) is 17.2 Å². The highest BCUT2D eigenvalue weighted by atomic mass is 19.1. The van der Waals surface area contributed by atoms with E-state index >= 15 is 0 Å². The third kappa shape index (κ3) is 2.96. The van der Waals surface area contributed by atoms with Gasteiger partial charge in [0, 0.05) is 35.6 Å². The molecule has 0 amide bonds. The van der Waals surface area contributed by atoms with E-state index in [4.69, 9.17) is 4.74 Å². The van der Waals surface area contributed by atoms with Gasteiger partial charge in [0.1, 0.15) is 17.4 Å². The summed E-state index contributed by atoms with van der Waals surface area (Å²) in [6.07, 6.45) is 0. The van der Waals surface area contributed by atoms with Crippen molar-refractivity contribution in [2.75, 3.05) is 31.2 Å². The second kappa shape index (κ2) is 6.23. The largest absolute Gasteiger partial charge is 0.378 e. The van der Waals surface area contributed by atoms with Crippen molar-refractivity contribution in [2.45, 2.75) is 6.92 Å². The molecule has 0 radical (unpaired) electrons. The number of halogens is 1. The maximum absolute atomic E-state index is 13.8. The average Bonchev–Trinajstić information content (AvgIpc) is 2.55. The molecule has 0 atom stereocenters. The number of aromatic nitrogens is 1. The monoisotopic (exact) mass is 313 g/mol. The topological polar surface area (TPSA) is 69.1 Å². The van der Waals surface area contributed by atoms with Gasteiger partial charge in [-0.3, -0.25) is 4.79 Å². The zero-order chi connectivity index (χ0) is 16.4. The molecule has 1 fully saturated rings. The minimum atomic E-state index is -0.459. The fourth-order valence-corrected chi connectivity index (χ4v) is 2.82. The number of anilines is 1. The molecule has 0 unspecified atom stereocenters. The summed E-state index contributed by atoms with van der Waals surface area (Å²) in [4.78, 5) is 16.7. The Morgan fingerprint density at radius 3 is 2.70 bits per heavy atom. The number of aryl methyl sites for hydroxylation is 1. The molecule has 23 heavy (non-hydrogen) atoms. The van der Waals surface area contributed by atoms with Gasteiger partial charge in [-0.2, -0.15) is 5.26 Å². The standard InChI is InChI=1S/C17H16FN3O2/c1-11-8-13(15(10-19)17(22)20-11)14-9-12(18)2-3-16(14)21-4-6-23-7-5-21/h2-3,8-9H,4-7H2,1H3,(H,20,22). The summed E-state index contributed by atoms with van der Waals surface area (Å²) in [5.41, 5.74) is 1.97. The van der Waals surface area contributed by atoms with Gasteiger partial charge in [0.2, 0.25) is 0 Å². The van der Waals surface area contributed by atoms with Crippen molar-refractivity contribution >= 4 is 5.69 Å². The third-order valence-corrected chi connectivity index (χ3v) is 3.88. The van der Waals surface area contributed by atoms with E-state index in [1.54, 1.807) is 19.1 Å². The number of hydrogen-bond acceptors (Lipinski definition) is 4. The molecular formula is C17H16FN3O2. The van der Waals surface area contributed by atoms with E-state index in [-0.39, 0.29) is 5.56 Å². The molecule has 1 saturated heterocycles. The number of nitrogens with one attached hydrogen (secondary N) is 1. The molecule has 2 aromatic rings. The van der Waals surface area contributed by atoms with Gasteiger partial charge in [-0.1, -0.05) is 0 Å². The molecule has 2 heterocycles. The van der Waals surface area contributed by atoms with Crippen LogP contribution < -0.4 is 10.5 Å². The number of benzene rings is 1. The van der Waals surface area contributed by atoms with Crippen LogP contribution in [0.1, 0.15) is 11.3 Å². The number of pyridine rings is 1. The zero-order valence-corrected chi connectivity index (χ0v) is 12.7. The number of nitriles is 1. The van der Waals surface area contributed by atoms with Gasteiger partial charge in [0.25, 0.3) is 5.56 Å². The van der Waals surface area contributed by atoms with E-state index in [9.17, 15) is 14.4 Å². The first kappa shape index (κ1) is 15.3. The van der Waals surface area contributed by atoms with Gasteiger partial charge >= 0.3 is 0 Å². The molecule has 0 aliphatic carbocycles. The predicted octanol–water partition coefficient (Wildman–Crippen LogP) is 2.20. The van der Waals surface area contributed by atoms with Gasteiger partial charge < -0.3 is 14.6 Å². The molecule has 1 aromatic carbocycles. The number of hydrogen-bond donors (Lipinski definition) is 1. The molecular weight excluding hydrogens is 297 g/mol. The first-order valence-corrected chi connectivity index (χ1v) is 7.37. The highest BCUT2D eigenvalue weighted by Crippen LogP contribution is 2.33. The quantitative estimate of drug-likeness (QED) is 0.923. The molecule has 0 bridgehead atoms. The lowest BCUT2D eigenvalue weighted by atomic mass is 9.98.